The summed E-state index contributed by atoms with van der Waals surface area (Å²) in [5.41, 5.74) is 0. The Morgan fingerprint density at radius 3 is 1.08 bits per heavy atom. The van der Waals surface area contributed by atoms with Crippen molar-refractivity contribution >= 4 is 15.2 Å². The maximum absolute atomic E-state index is 8.48. The molecule has 0 N–H and O–H groups in total. The Morgan fingerprint density at radius 2 is 1.08 bits per heavy atom. The van der Waals surface area contributed by atoms with Crippen LogP contribution in [0.1, 0.15) is 27.7 Å². The van der Waals surface area contributed by atoms with E-state index in [2.05, 4.69) is 27.7 Å². The van der Waals surface area contributed by atoms with E-state index < -0.39 is 15.2 Å². The van der Waals surface area contributed by atoms with Crippen molar-refractivity contribution in [3.05, 3.63) is 0 Å². The molecule has 3 nitrogen and oxygen atoms in total. The first kappa shape index (κ1) is 15.7. The van der Waals surface area contributed by atoms with Crippen molar-refractivity contribution in [2.45, 2.75) is 27.7 Å². The molecular formula is C8H20O3P2. The van der Waals surface area contributed by atoms with Gasteiger partial charge in [-0.25, -0.2) is 0 Å². The highest BCUT2D eigenvalue weighted by molar-refractivity contribution is 7.75. The van der Waals surface area contributed by atoms with Crippen LogP contribution in [0.5, 0.6) is 0 Å². The first-order chi connectivity index (χ1) is 5.97. The zero-order valence-corrected chi connectivity index (χ0v) is 10.7. The van der Waals surface area contributed by atoms with E-state index in [-0.39, 0.29) is 0 Å². The van der Waals surface area contributed by atoms with Gasteiger partial charge in [0, 0.05) is 7.26 Å². The highest BCUT2D eigenvalue weighted by Gasteiger charge is 2.27. The molecule has 0 aliphatic carbocycles. The van der Waals surface area contributed by atoms with Crippen molar-refractivity contribution in [2.24, 2.45) is 0 Å². The molecule has 0 spiro atoms. The van der Waals surface area contributed by atoms with E-state index in [0.717, 1.165) is 0 Å². The molecule has 0 atom stereocenters. The summed E-state index contributed by atoms with van der Waals surface area (Å²) >= 11 is 0. The molecule has 0 rings (SSSR count). The van der Waals surface area contributed by atoms with E-state index in [1.165, 1.54) is 24.6 Å². The topological polar surface area (TPSA) is 57.2 Å². The third kappa shape index (κ3) is 8.62. The second-order valence-corrected chi connectivity index (χ2v) is 8.49. The summed E-state index contributed by atoms with van der Waals surface area (Å²) in [7, 11) is -3.79. The lowest BCUT2D eigenvalue weighted by molar-refractivity contribution is -0.168. The van der Waals surface area contributed by atoms with Gasteiger partial charge in [0.05, 0.1) is 24.6 Å². The molecule has 13 heavy (non-hydrogen) atoms. The van der Waals surface area contributed by atoms with E-state index >= 15 is 0 Å². The minimum atomic E-state index is -3.37. The molecule has 5 heteroatoms. The normalized spacial score (nSPS) is 10.2. The van der Waals surface area contributed by atoms with Crippen LogP contribution >= 0.6 is 15.2 Å². The van der Waals surface area contributed by atoms with Gasteiger partial charge in [-0.15, -0.1) is 0 Å². The first-order valence-corrected chi connectivity index (χ1v) is 8.27. The van der Waals surface area contributed by atoms with Crippen molar-refractivity contribution in [1.82, 2.24) is 0 Å². The monoisotopic (exact) mass is 226 g/mol. The van der Waals surface area contributed by atoms with Gasteiger partial charge in [0.15, 0.2) is 0 Å². The SMILES string of the molecule is CC[P+](CC)(CC)CC.O=P(=O)[O-]. The van der Waals surface area contributed by atoms with E-state index in [9.17, 15) is 0 Å². The average molecular weight is 226 g/mol. The Bertz CT molecular complexity index is 149. The lowest BCUT2D eigenvalue weighted by atomic mass is 10.9. The van der Waals surface area contributed by atoms with Crippen LogP contribution in [0.25, 0.3) is 0 Å². The summed E-state index contributed by atoms with van der Waals surface area (Å²) in [6.07, 6.45) is 5.82. The van der Waals surface area contributed by atoms with E-state index in [0.29, 0.717) is 0 Å². The standard InChI is InChI=1S/C8H20P.HO3P/c1-5-9(6-2,7-3)8-4;1-4(2)3/h5-8H2,1-4H3;(H,1,2,3)/q+1;/p-1. The van der Waals surface area contributed by atoms with Gasteiger partial charge in [0.25, 0.3) is 0 Å². The zero-order valence-electron chi connectivity index (χ0n) is 8.95. The molecule has 0 fully saturated rings. The highest BCUT2D eigenvalue weighted by Crippen LogP contribution is 2.57. The van der Waals surface area contributed by atoms with Crippen molar-refractivity contribution in [2.75, 3.05) is 24.6 Å². The molecule has 80 valence electrons. The Morgan fingerprint density at radius 1 is 0.923 bits per heavy atom. The average Bonchev–Trinajstić information content (AvgIpc) is 2.09. The second kappa shape index (κ2) is 8.87. The fourth-order valence-corrected chi connectivity index (χ4v) is 4.02. The number of hydrogen-bond acceptors (Lipinski definition) is 3. The van der Waals surface area contributed by atoms with Gasteiger partial charge in [-0.1, -0.05) is 0 Å². The van der Waals surface area contributed by atoms with Crippen molar-refractivity contribution in [3.63, 3.8) is 0 Å². The van der Waals surface area contributed by atoms with Crippen LogP contribution in [0.4, 0.5) is 0 Å². The Hall–Kier alpha value is 0.290. The summed E-state index contributed by atoms with van der Waals surface area (Å²) in [4.78, 5) is 8.48. The molecule has 0 amide bonds. The van der Waals surface area contributed by atoms with Crippen LogP contribution in [-0.4, -0.2) is 24.6 Å². The quantitative estimate of drug-likeness (QED) is 0.692. The minimum absolute atomic E-state index is 0.420. The maximum Gasteiger partial charge on any atom is 0.250 e. The molecule has 0 aromatic heterocycles. The van der Waals surface area contributed by atoms with Gasteiger partial charge in [-0.05, 0) is 27.7 Å². The molecule has 0 saturated carbocycles. The van der Waals surface area contributed by atoms with Crippen LogP contribution in [0.2, 0.25) is 0 Å². The first-order valence-electron chi connectivity index (χ1n) is 4.64. The van der Waals surface area contributed by atoms with Crippen LogP contribution in [0, 0.1) is 0 Å². The molecule has 0 bridgehead atoms. The molecule has 0 saturated heterocycles. The highest BCUT2D eigenvalue weighted by atomic mass is 31.2. The Kier molecular flexibility index (Phi) is 10.7. The fourth-order valence-electron chi connectivity index (χ4n) is 1.34. The minimum Gasteiger partial charge on any atom is -0.744 e. The maximum atomic E-state index is 8.48. The molecule has 0 radical (unpaired) electrons. The summed E-state index contributed by atoms with van der Waals surface area (Å²) < 4.78 is 17.0. The summed E-state index contributed by atoms with van der Waals surface area (Å²) in [5, 5.41) is 0. The third-order valence-corrected chi connectivity index (χ3v) is 8.05. The van der Waals surface area contributed by atoms with Gasteiger partial charge in [0.1, 0.15) is 0 Å². The molecule has 0 unspecified atom stereocenters. The molecule has 0 aliphatic heterocycles. The van der Waals surface area contributed by atoms with E-state index in [4.69, 9.17) is 14.0 Å². The van der Waals surface area contributed by atoms with Gasteiger partial charge in [0.2, 0.25) is 7.91 Å². The molecular weight excluding hydrogens is 206 g/mol. The van der Waals surface area contributed by atoms with Crippen molar-refractivity contribution < 1.29 is 14.0 Å². The summed E-state index contributed by atoms with van der Waals surface area (Å²) in [6, 6.07) is 0. The zero-order chi connectivity index (χ0) is 10.9. The van der Waals surface area contributed by atoms with Crippen LogP contribution in [0.15, 0.2) is 0 Å². The predicted octanol–water partition coefficient (Wildman–Crippen LogP) is 2.52. The van der Waals surface area contributed by atoms with Crippen LogP contribution in [0.3, 0.4) is 0 Å². The van der Waals surface area contributed by atoms with Gasteiger partial charge in [-0.3, -0.25) is 9.13 Å². The molecule has 0 aromatic rings. The lowest BCUT2D eigenvalue weighted by Gasteiger charge is -2.20. The molecule has 0 aliphatic rings. The summed E-state index contributed by atoms with van der Waals surface area (Å²) in [6.45, 7) is 9.41. The Labute approximate surface area is 82.2 Å². The van der Waals surface area contributed by atoms with Crippen LogP contribution < -0.4 is 4.89 Å². The van der Waals surface area contributed by atoms with Crippen LogP contribution in [-0.2, 0) is 9.13 Å². The van der Waals surface area contributed by atoms with E-state index in [1.807, 2.05) is 0 Å². The summed E-state index contributed by atoms with van der Waals surface area (Å²) in [5.74, 6) is 0. The third-order valence-electron chi connectivity index (χ3n) is 2.68. The second-order valence-electron chi connectivity index (χ2n) is 2.83. The Balaban J connectivity index is 0. The van der Waals surface area contributed by atoms with Crippen molar-refractivity contribution in [1.29, 1.82) is 0 Å². The molecule has 0 heterocycles. The molecule has 0 aromatic carbocycles. The number of rotatable bonds is 4. The van der Waals surface area contributed by atoms with Gasteiger partial charge >= 0.3 is 0 Å². The predicted molar refractivity (Wildman–Crippen MR) is 57.4 cm³/mol. The number of hydrogen-bond donors (Lipinski definition) is 0. The van der Waals surface area contributed by atoms with Gasteiger partial charge in [-0.2, -0.15) is 0 Å². The lowest BCUT2D eigenvalue weighted by Crippen LogP contribution is -2.04. The largest absolute Gasteiger partial charge is 0.744 e. The van der Waals surface area contributed by atoms with E-state index in [1.54, 1.807) is 0 Å². The fraction of sp³-hybridized carbons (Fsp3) is 1.00. The van der Waals surface area contributed by atoms with Crippen molar-refractivity contribution in [3.8, 4) is 0 Å². The van der Waals surface area contributed by atoms with Gasteiger partial charge < -0.3 is 4.89 Å². The smallest absolute Gasteiger partial charge is 0.250 e.